The van der Waals surface area contributed by atoms with Crippen LogP contribution in [-0.2, 0) is 12.7 Å². The van der Waals surface area contributed by atoms with Gasteiger partial charge in [-0.2, -0.15) is 23.1 Å². The van der Waals surface area contributed by atoms with Crippen LogP contribution in [0.2, 0.25) is 0 Å². The molecule has 0 amide bonds. The molecule has 2 aliphatic heterocycles. The van der Waals surface area contributed by atoms with E-state index in [1.54, 1.807) is 11.6 Å². The standard InChI is InChI=1S/C23H25F4N7O/c1-12-28-22(35-32-12)33-10-14-4-5-15(11-33)19(14)29-21-30-20-16(3-2-8-34(20)31-21)13-6-7-18(24)17(9-13)23(25,26)27/h6-7,9,14-16,19H,2-5,8,10-11H2,1H3,(H,29,31)/t14-,15?,16?,19?/m0/s1. The lowest BCUT2D eigenvalue weighted by atomic mass is 9.90. The van der Waals surface area contributed by atoms with E-state index < -0.39 is 17.6 Å². The van der Waals surface area contributed by atoms with Gasteiger partial charge in [-0.25, -0.2) is 9.07 Å². The first-order valence-corrected chi connectivity index (χ1v) is 11.9. The van der Waals surface area contributed by atoms with E-state index in [4.69, 9.17) is 9.51 Å². The maximum Gasteiger partial charge on any atom is 0.419 e. The minimum Gasteiger partial charge on any atom is -0.350 e. The first-order chi connectivity index (χ1) is 16.8. The Hall–Kier alpha value is -3.18. The largest absolute Gasteiger partial charge is 0.419 e. The fourth-order valence-electron chi connectivity index (χ4n) is 5.88. The molecule has 186 valence electrons. The summed E-state index contributed by atoms with van der Waals surface area (Å²) in [5.74, 6) is 0.816. The molecular weight excluding hydrogens is 466 g/mol. The predicted octanol–water partition coefficient (Wildman–Crippen LogP) is 4.38. The van der Waals surface area contributed by atoms with Crippen LogP contribution in [-0.4, -0.2) is 44.0 Å². The van der Waals surface area contributed by atoms with Crippen LogP contribution in [0, 0.1) is 24.6 Å². The van der Waals surface area contributed by atoms with Crippen LogP contribution in [0.5, 0.6) is 0 Å². The highest BCUT2D eigenvalue weighted by Gasteiger charge is 2.44. The van der Waals surface area contributed by atoms with E-state index in [0.29, 0.717) is 54.0 Å². The molecule has 1 saturated heterocycles. The summed E-state index contributed by atoms with van der Waals surface area (Å²) in [7, 11) is 0. The first-order valence-electron chi connectivity index (χ1n) is 11.9. The molecule has 1 aromatic carbocycles. The number of aromatic nitrogens is 5. The van der Waals surface area contributed by atoms with Gasteiger partial charge in [0.15, 0.2) is 5.82 Å². The van der Waals surface area contributed by atoms with E-state index in [1.165, 1.54) is 6.07 Å². The Morgan fingerprint density at radius 1 is 1.09 bits per heavy atom. The van der Waals surface area contributed by atoms with Gasteiger partial charge in [0.25, 0.3) is 0 Å². The van der Waals surface area contributed by atoms with E-state index in [2.05, 4.69) is 25.5 Å². The molecule has 0 radical (unpaired) electrons. The third kappa shape index (κ3) is 4.02. The zero-order valence-electron chi connectivity index (χ0n) is 19.1. The number of piperidine rings is 1. The molecular formula is C23H25F4N7O. The van der Waals surface area contributed by atoms with Crippen molar-refractivity contribution < 1.29 is 22.1 Å². The number of anilines is 2. The zero-order chi connectivity index (χ0) is 24.3. The van der Waals surface area contributed by atoms with Crippen molar-refractivity contribution in [1.29, 1.82) is 0 Å². The number of halogens is 4. The molecule has 1 N–H and O–H groups in total. The van der Waals surface area contributed by atoms with E-state index in [9.17, 15) is 17.6 Å². The van der Waals surface area contributed by atoms with Gasteiger partial charge >= 0.3 is 12.2 Å². The Bertz CT molecular complexity index is 1220. The maximum absolute atomic E-state index is 13.8. The number of nitrogens with zero attached hydrogens (tertiary/aromatic N) is 6. The highest BCUT2D eigenvalue weighted by atomic mass is 19.4. The second-order valence-corrected chi connectivity index (χ2v) is 9.75. The van der Waals surface area contributed by atoms with Crippen LogP contribution in [0.25, 0.3) is 0 Å². The Morgan fingerprint density at radius 2 is 1.86 bits per heavy atom. The van der Waals surface area contributed by atoms with Gasteiger partial charge in [-0.3, -0.25) is 0 Å². The minimum atomic E-state index is -4.75. The number of benzene rings is 1. The Labute approximate surface area is 198 Å². The summed E-state index contributed by atoms with van der Waals surface area (Å²) in [6, 6.07) is 3.96. The smallest absolute Gasteiger partial charge is 0.350 e. The summed E-state index contributed by atoms with van der Waals surface area (Å²) in [4.78, 5) is 11.2. The summed E-state index contributed by atoms with van der Waals surface area (Å²) in [6.45, 7) is 4.03. The van der Waals surface area contributed by atoms with Gasteiger partial charge in [0, 0.05) is 31.6 Å². The van der Waals surface area contributed by atoms with E-state index in [-0.39, 0.29) is 12.0 Å². The topological polar surface area (TPSA) is 84.9 Å². The maximum atomic E-state index is 13.8. The highest BCUT2D eigenvalue weighted by molar-refractivity contribution is 5.37. The van der Waals surface area contributed by atoms with Gasteiger partial charge in [-0.05, 0) is 62.1 Å². The van der Waals surface area contributed by atoms with Crippen molar-refractivity contribution in [2.24, 2.45) is 11.8 Å². The molecule has 3 aromatic rings. The molecule has 1 saturated carbocycles. The SMILES string of the molecule is Cc1noc(N2CC3CC[C@@H](C2)C3Nc2nc3n(n2)CCCC3c2ccc(F)c(C(F)(F)F)c2)n1. The number of rotatable bonds is 4. The fourth-order valence-corrected chi connectivity index (χ4v) is 5.88. The molecule has 4 heterocycles. The quantitative estimate of drug-likeness (QED) is 0.542. The normalized spacial score (nSPS) is 26.1. The Kier molecular flexibility index (Phi) is 5.22. The first kappa shape index (κ1) is 22.3. The second kappa shape index (κ2) is 8.20. The van der Waals surface area contributed by atoms with Crippen molar-refractivity contribution in [2.75, 3.05) is 23.3 Å². The predicted molar refractivity (Wildman–Crippen MR) is 117 cm³/mol. The third-order valence-electron chi connectivity index (χ3n) is 7.49. The van der Waals surface area contributed by atoms with Crippen LogP contribution in [0.15, 0.2) is 22.7 Å². The summed E-state index contributed by atoms with van der Waals surface area (Å²) >= 11 is 0. The molecule has 6 rings (SSSR count). The van der Waals surface area contributed by atoms with Crippen molar-refractivity contribution in [3.8, 4) is 0 Å². The Morgan fingerprint density at radius 3 is 2.54 bits per heavy atom. The monoisotopic (exact) mass is 491 g/mol. The van der Waals surface area contributed by atoms with Crippen molar-refractivity contribution in [3.05, 3.63) is 46.8 Å². The third-order valence-corrected chi connectivity index (χ3v) is 7.49. The molecule has 3 unspecified atom stereocenters. The van der Waals surface area contributed by atoms with Gasteiger partial charge in [-0.1, -0.05) is 11.2 Å². The zero-order valence-corrected chi connectivity index (χ0v) is 19.1. The second-order valence-electron chi connectivity index (χ2n) is 9.75. The number of aryl methyl sites for hydroxylation is 2. The van der Waals surface area contributed by atoms with Crippen molar-refractivity contribution in [2.45, 2.75) is 57.3 Å². The summed E-state index contributed by atoms with van der Waals surface area (Å²) < 4.78 is 60.8. The molecule has 4 atom stereocenters. The van der Waals surface area contributed by atoms with Crippen molar-refractivity contribution in [1.82, 2.24) is 24.9 Å². The molecule has 8 nitrogen and oxygen atoms in total. The highest BCUT2D eigenvalue weighted by Crippen LogP contribution is 2.41. The molecule has 12 heteroatoms. The van der Waals surface area contributed by atoms with Gasteiger partial charge in [0.05, 0.1) is 5.56 Å². The summed E-state index contributed by atoms with van der Waals surface area (Å²) in [6.07, 6.45) is -1.22. The van der Waals surface area contributed by atoms with Gasteiger partial charge in [0.1, 0.15) is 11.6 Å². The molecule has 35 heavy (non-hydrogen) atoms. The van der Waals surface area contributed by atoms with Gasteiger partial charge in [-0.15, -0.1) is 5.10 Å². The average Bonchev–Trinajstić information content (AvgIpc) is 3.48. The van der Waals surface area contributed by atoms with Crippen molar-refractivity contribution >= 4 is 12.0 Å². The average molecular weight is 491 g/mol. The number of nitrogens with one attached hydrogen (secondary N) is 1. The minimum absolute atomic E-state index is 0.195. The number of fused-ring (bicyclic) bond motifs is 3. The molecule has 0 spiro atoms. The molecule has 1 aliphatic carbocycles. The molecule has 3 aliphatic rings. The Balaban J connectivity index is 1.22. The lowest BCUT2D eigenvalue weighted by Crippen LogP contribution is -2.48. The van der Waals surface area contributed by atoms with E-state index >= 15 is 0 Å². The fraction of sp³-hybridized carbons (Fsp3) is 0.565. The van der Waals surface area contributed by atoms with Gasteiger partial charge < -0.3 is 14.7 Å². The van der Waals surface area contributed by atoms with Gasteiger partial charge in [0.2, 0.25) is 5.95 Å². The van der Waals surface area contributed by atoms with Crippen LogP contribution in [0.3, 0.4) is 0 Å². The molecule has 2 fully saturated rings. The lowest BCUT2D eigenvalue weighted by Gasteiger charge is -2.37. The van der Waals surface area contributed by atoms with Crippen LogP contribution in [0.1, 0.15) is 54.4 Å². The summed E-state index contributed by atoms with van der Waals surface area (Å²) in [5.41, 5.74) is -0.841. The molecule has 2 aromatic heterocycles. The van der Waals surface area contributed by atoms with E-state index in [0.717, 1.165) is 44.5 Å². The van der Waals surface area contributed by atoms with Crippen LogP contribution >= 0.6 is 0 Å². The lowest BCUT2D eigenvalue weighted by molar-refractivity contribution is -0.140. The van der Waals surface area contributed by atoms with Crippen LogP contribution < -0.4 is 10.2 Å². The number of alkyl halides is 3. The molecule has 2 bridgehead atoms. The number of hydrogen-bond acceptors (Lipinski definition) is 7. The summed E-state index contributed by atoms with van der Waals surface area (Å²) in [5, 5.41) is 12.0. The van der Waals surface area contributed by atoms with Crippen molar-refractivity contribution in [3.63, 3.8) is 0 Å². The number of hydrogen-bond donors (Lipinski definition) is 1. The van der Waals surface area contributed by atoms with Crippen LogP contribution in [0.4, 0.5) is 29.5 Å². The van der Waals surface area contributed by atoms with E-state index in [1.807, 2.05) is 0 Å².